The van der Waals surface area contributed by atoms with E-state index in [9.17, 15) is 4.79 Å². The minimum Gasteiger partial charge on any atom is -0.497 e. The maximum absolute atomic E-state index is 13.0. The smallest absolute Gasteiger partial charge is 0.223 e. The molecule has 0 spiro atoms. The molecule has 0 aliphatic carbocycles. The second-order valence-corrected chi connectivity index (χ2v) is 8.30. The van der Waals surface area contributed by atoms with Crippen LogP contribution in [0.4, 0.5) is 5.82 Å². The van der Waals surface area contributed by atoms with Crippen LogP contribution in [0, 0.1) is 0 Å². The van der Waals surface area contributed by atoms with E-state index in [4.69, 9.17) is 14.7 Å². The largest absolute Gasteiger partial charge is 0.497 e. The van der Waals surface area contributed by atoms with Gasteiger partial charge >= 0.3 is 0 Å². The van der Waals surface area contributed by atoms with Crippen molar-refractivity contribution >= 4 is 11.7 Å². The summed E-state index contributed by atoms with van der Waals surface area (Å²) in [6, 6.07) is 9.88. The standard InChI is InChI=1S/C23H33N5O2/c1-26(2)16-18-15-21(27(3)4)25-23(24-18)20-7-6-14-28(20)22(29)13-10-17-8-11-19(30-5)12-9-17/h8-9,11-12,15,20H,6-7,10,13-14,16H2,1-5H3/t20-/m1/s1. The molecule has 30 heavy (non-hydrogen) atoms. The van der Waals surface area contributed by atoms with Crippen molar-refractivity contribution in [2.45, 2.75) is 38.3 Å². The SMILES string of the molecule is COc1ccc(CCC(=O)N2CCC[C@@H]2c2nc(CN(C)C)cc(N(C)C)n2)cc1. The summed E-state index contributed by atoms with van der Waals surface area (Å²) < 4.78 is 5.20. The normalized spacial score (nSPS) is 16.2. The van der Waals surface area contributed by atoms with Gasteiger partial charge in [0.2, 0.25) is 5.91 Å². The summed E-state index contributed by atoms with van der Waals surface area (Å²) in [5.74, 6) is 2.64. The molecule has 1 amide bonds. The lowest BCUT2D eigenvalue weighted by Gasteiger charge is -2.25. The van der Waals surface area contributed by atoms with Crippen LogP contribution < -0.4 is 9.64 Å². The van der Waals surface area contributed by atoms with E-state index in [-0.39, 0.29) is 11.9 Å². The summed E-state index contributed by atoms with van der Waals surface area (Å²) in [5.41, 5.74) is 2.12. The van der Waals surface area contributed by atoms with Crippen LogP contribution in [0.3, 0.4) is 0 Å². The average molecular weight is 412 g/mol. The highest BCUT2D eigenvalue weighted by Gasteiger charge is 2.32. The van der Waals surface area contributed by atoms with E-state index in [1.807, 2.05) is 68.3 Å². The molecule has 162 valence electrons. The highest BCUT2D eigenvalue weighted by atomic mass is 16.5. The van der Waals surface area contributed by atoms with Crippen molar-refractivity contribution in [2.75, 3.05) is 46.7 Å². The molecule has 3 rings (SSSR count). The van der Waals surface area contributed by atoms with Gasteiger partial charge in [0, 0.05) is 39.7 Å². The van der Waals surface area contributed by atoms with Crippen molar-refractivity contribution < 1.29 is 9.53 Å². The number of amides is 1. The van der Waals surface area contributed by atoms with Gasteiger partial charge in [-0.2, -0.15) is 0 Å². The zero-order valence-electron chi connectivity index (χ0n) is 18.8. The molecule has 1 fully saturated rings. The molecule has 2 heterocycles. The number of rotatable bonds is 8. The molecule has 1 aromatic heterocycles. The molecule has 1 aliphatic rings. The lowest BCUT2D eigenvalue weighted by molar-refractivity contribution is -0.132. The van der Waals surface area contributed by atoms with Gasteiger partial charge in [-0.15, -0.1) is 0 Å². The molecule has 2 aromatic rings. The van der Waals surface area contributed by atoms with Crippen molar-refractivity contribution in [1.82, 2.24) is 19.8 Å². The molecule has 0 bridgehead atoms. The maximum atomic E-state index is 13.0. The Balaban J connectivity index is 1.73. The van der Waals surface area contributed by atoms with Crippen molar-refractivity contribution in [3.05, 3.63) is 47.4 Å². The van der Waals surface area contributed by atoms with E-state index in [1.54, 1.807) is 7.11 Å². The van der Waals surface area contributed by atoms with Gasteiger partial charge in [0.1, 0.15) is 11.6 Å². The van der Waals surface area contributed by atoms with E-state index in [0.29, 0.717) is 6.42 Å². The Labute approximate surface area is 179 Å². The minimum atomic E-state index is -0.0471. The molecule has 1 aromatic carbocycles. The fraction of sp³-hybridized carbons (Fsp3) is 0.522. The fourth-order valence-corrected chi connectivity index (χ4v) is 3.81. The third kappa shape index (κ3) is 5.48. The first-order valence-corrected chi connectivity index (χ1v) is 10.5. The fourth-order valence-electron chi connectivity index (χ4n) is 3.81. The Morgan fingerprint density at radius 2 is 1.90 bits per heavy atom. The second-order valence-electron chi connectivity index (χ2n) is 8.30. The first kappa shape index (κ1) is 22.0. The molecule has 7 heteroatoms. The van der Waals surface area contributed by atoms with Crippen LogP contribution in [0.2, 0.25) is 0 Å². The van der Waals surface area contributed by atoms with Gasteiger partial charge in [0.25, 0.3) is 0 Å². The number of hydrogen-bond acceptors (Lipinski definition) is 6. The van der Waals surface area contributed by atoms with Crippen LogP contribution in [0.25, 0.3) is 0 Å². The zero-order valence-corrected chi connectivity index (χ0v) is 18.8. The summed E-state index contributed by atoms with van der Waals surface area (Å²) in [6.45, 7) is 1.51. The zero-order chi connectivity index (χ0) is 21.7. The van der Waals surface area contributed by atoms with Crippen LogP contribution in [-0.4, -0.2) is 67.5 Å². The van der Waals surface area contributed by atoms with Gasteiger partial charge in [-0.25, -0.2) is 9.97 Å². The number of carbonyl (C=O) groups excluding carboxylic acids is 1. The molecular weight excluding hydrogens is 378 g/mol. The molecule has 1 saturated heterocycles. The number of ether oxygens (including phenoxy) is 1. The molecule has 0 unspecified atom stereocenters. The van der Waals surface area contributed by atoms with Gasteiger partial charge in [0.15, 0.2) is 5.82 Å². The third-order valence-electron chi connectivity index (χ3n) is 5.38. The Morgan fingerprint density at radius 1 is 1.17 bits per heavy atom. The minimum absolute atomic E-state index is 0.0471. The lowest BCUT2D eigenvalue weighted by atomic mass is 10.1. The van der Waals surface area contributed by atoms with Crippen LogP contribution in [0.1, 0.15) is 42.4 Å². The number of nitrogens with zero attached hydrogens (tertiary/aromatic N) is 5. The Bertz CT molecular complexity index is 851. The van der Waals surface area contributed by atoms with E-state index >= 15 is 0 Å². The number of aromatic nitrogens is 2. The number of hydrogen-bond donors (Lipinski definition) is 0. The van der Waals surface area contributed by atoms with Gasteiger partial charge in [-0.05, 0) is 51.1 Å². The summed E-state index contributed by atoms with van der Waals surface area (Å²) >= 11 is 0. The topological polar surface area (TPSA) is 61.8 Å². The Morgan fingerprint density at radius 3 is 2.53 bits per heavy atom. The Kier molecular flexibility index (Phi) is 7.26. The van der Waals surface area contributed by atoms with Crippen molar-refractivity contribution in [2.24, 2.45) is 0 Å². The van der Waals surface area contributed by atoms with Gasteiger partial charge < -0.3 is 19.4 Å². The molecule has 1 atom stereocenters. The van der Waals surface area contributed by atoms with E-state index in [2.05, 4.69) is 4.90 Å². The van der Waals surface area contributed by atoms with Crippen LogP contribution in [0.15, 0.2) is 30.3 Å². The summed E-state index contributed by atoms with van der Waals surface area (Å²) in [4.78, 5) is 28.7. The average Bonchev–Trinajstić information content (AvgIpc) is 3.21. The number of benzene rings is 1. The number of likely N-dealkylation sites (tertiary alicyclic amines) is 1. The number of carbonyl (C=O) groups is 1. The molecular formula is C23H33N5O2. The van der Waals surface area contributed by atoms with Crippen LogP contribution in [0.5, 0.6) is 5.75 Å². The summed E-state index contributed by atoms with van der Waals surface area (Å²) in [5, 5.41) is 0. The monoisotopic (exact) mass is 411 g/mol. The van der Waals surface area contributed by atoms with E-state index in [0.717, 1.165) is 61.0 Å². The van der Waals surface area contributed by atoms with Gasteiger partial charge in [-0.3, -0.25) is 4.79 Å². The van der Waals surface area contributed by atoms with Crippen LogP contribution >= 0.6 is 0 Å². The van der Waals surface area contributed by atoms with Gasteiger partial charge in [0.05, 0.1) is 18.8 Å². The molecule has 0 N–H and O–H groups in total. The van der Waals surface area contributed by atoms with Gasteiger partial charge in [-0.1, -0.05) is 12.1 Å². The number of methoxy groups -OCH3 is 1. The van der Waals surface area contributed by atoms with Crippen molar-refractivity contribution in [1.29, 1.82) is 0 Å². The highest BCUT2D eigenvalue weighted by Crippen LogP contribution is 2.32. The van der Waals surface area contributed by atoms with E-state index in [1.165, 1.54) is 0 Å². The highest BCUT2D eigenvalue weighted by molar-refractivity contribution is 5.77. The van der Waals surface area contributed by atoms with Crippen molar-refractivity contribution in [3.8, 4) is 5.75 Å². The summed E-state index contributed by atoms with van der Waals surface area (Å²) in [6.07, 6.45) is 3.10. The molecule has 0 radical (unpaired) electrons. The predicted octanol–water partition coefficient (Wildman–Crippen LogP) is 2.91. The molecule has 1 aliphatic heterocycles. The molecule has 0 saturated carbocycles. The van der Waals surface area contributed by atoms with Crippen molar-refractivity contribution in [3.63, 3.8) is 0 Å². The van der Waals surface area contributed by atoms with E-state index < -0.39 is 0 Å². The first-order valence-electron chi connectivity index (χ1n) is 10.5. The quantitative estimate of drug-likeness (QED) is 0.666. The Hall–Kier alpha value is -2.67. The second kappa shape index (κ2) is 9.89. The predicted molar refractivity (Wildman–Crippen MR) is 119 cm³/mol. The summed E-state index contributed by atoms with van der Waals surface area (Å²) in [7, 11) is 9.68. The maximum Gasteiger partial charge on any atom is 0.223 e. The number of aryl methyl sites for hydroxylation is 1. The lowest BCUT2D eigenvalue weighted by Crippen LogP contribution is -2.32. The first-order chi connectivity index (χ1) is 14.4. The van der Waals surface area contributed by atoms with Crippen LogP contribution in [-0.2, 0) is 17.8 Å². The number of anilines is 1. The molecule has 7 nitrogen and oxygen atoms in total. The third-order valence-corrected chi connectivity index (χ3v) is 5.38.